The molecule has 2 unspecified atom stereocenters. The van der Waals surface area contributed by atoms with Gasteiger partial charge >= 0.3 is 0 Å². The van der Waals surface area contributed by atoms with Crippen LogP contribution in [-0.4, -0.2) is 37.3 Å². The van der Waals surface area contributed by atoms with Crippen LogP contribution in [0.1, 0.15) is 71.4 Å². The average molecular weight is 421 g/mol. The van der Waals surface area contributed by atoms with Gasteiger partial charge in [-0.15, -0.1) is 0 Å². The zero-order valence-electron chi connectivity index (χ0n) is 20.2. The second-order valence-corrected chi connectivity index (χ2v) is 9.43. The average Bonchev–Trinajstić information content (AvgIpc) is 2.67. The van der Waals surface area contributed by atoms with E-state index in [0.29, 0.717) is 31.5 Å². The van der Waals surface area contributed by atoms with E-state index < -0.39 is 6.10 Å². The molecule has 4 heteroatoms. The van der Waals surface area contributed by atoms with E-state index in [-0.39, 0.29) is 17.6 Å². The summed E-state index contributed by atoms with van der Waals surface area (Å²) in [6.07, 6.45) is 3.71. The van der Waals surface area contributed by atoms with E-state index in [1.807, 2.05) is 0 Å². The predicted octanol–water partition coefficient (Wildman–Crippen LogP) is 5.62. The molecule has 0 heterocycles. The molecule has 0 saturated carbocycles. The van der Waals surface area contributed by atoms with Gasteiger partial charge in [0.15, 0.2) is 0 Å². The van der Waals surface area contributed by atoms with E-state index in [0.717, 1.165) is 37.0 Å². The van der Waals surface area contributed by atoms with Crippen molar-refractivity contribution in [1.29, 1.82) is 0 Å². The summed E-state index contributed by atoms with van der Waals surface area (Å²) >= 11 is 0. The molecule has 30 heavy (non-hydrogen) atoms. The number of hydrogen-bond acceptors (Lipinski definition) is 4. The molecular weight excluding hydrogens is 376 g/mol. The fraction of sp³-hybridized carbons (Fsp3) is 0.731. The topological polar surface area (TPSA) is 55.8 Å². The van der Waals surface area contributed by atoms with Crippen LogP contribution in [0.5, 0.6) is 5.75 Å². The highest BCUT2D eigenvalue weighted by Crippen LogP contribution is 2.28. The lowest BCUT2D eigenvalue weighted by atomic mass is 9.82. The van der Waals surface area contributed by atoms with Gasteiger partial charge in [0.25, 0.3) is 0 Å². The number of carbonyl (C=O) groups excluding carboxylic acids is 1. The van der Waals surface area contributed by atoms with Crippen LogP contribution in [0.25, 0.3) is 0 Å². The number of ether oxygens (including phenoxy) is 2. The van der Waals surface area contributed by atoms with Crippen molar-refractivity contribution in [2.45, 2.75) is 79.8 Å². The summed E-state index contributed by atoms with van der Waals surface area (Å²) in [4.78, 5) is 11.8. The predicted molar refractivity (Wildman–Crippen MR) is 124 cm³/mol. The van der Waals surface area contributed by atoms with Crippen LogP contribution < -0.4 is 4.74 Å². The van der Waals surface area contributed by atoms with E-state index in [2.05, 4.69) is 52.8 Å². The van der Waals surface area contributed by atoms with Gasteiger partial charge in [0.1, 0.15) is 11.5 Å². The molecule has 0 spiro atoms. The highest BCUT2D eigenvalue weighted by atomic mass is 16.5. The van der Waals surface area contributed by atoms with E-state index in [1.165, 1.54) is 5.56 Å². The van der Waals surface area contributed by atoms with Gasteiger partial charge in [0.2, 0.25) is 0 Å². The number of ketones is 1. The molecule has 0 saturated heterocycles. The van der Waals surface area contributed by atoms with Crippen molar-refractivity contribution in [3.63, 3.8) is 0 Å². The van der Waals surface area contributed by atoms with Crippen LogP contribution in [0.2, 0.25) is 0 Å². The maximum absolute atomic E-state index is 11.8. The maximum atomic E-state index is 11.8. The third kappa shape index (κ3) is 9.61. The monoisotopic (exact) mass is 420 g/mol. The Kier molecular flexibility index (Phi) is 12.3. The van der Waals surface area contributed by atoms with Gasteiger partial charge in [-0.1, -0.05) is 39.8 Å². The number of aryl methyl sites for hydroxylation is 1. The van der Waals surface area contributed by atoms with E-state index >= 15 is 0 Å². The summed E-state index contributed by atoms with van der Waals surface area (Å²) in [5.74, 6) is 2.37. The van der Waals surface area contributed by atoms with Crippen molar-refractivity contribution in [3.05, 3.63) is 29.3 Å². The number of aliphatic hydroxyl groups excluding tert-OH is 1. The molecule has 1 aromatic rings. The van der Waals surface area contributed by atoms with E-state index in [4.69, 9.17) is 9.47 Å². The standard InChI is InChI=1S/C26H44O4/c1-18(2)23(11-12-24(28)17-25(19(3)4)21(6)27)15-22-10-9-20(5)26(16-22)30-14-8-13-29-7/h9-10,16,18-19,23-25,28H,8,11-15,17H2,1-7H3/t23?,24-,25?/m1/s1. The first kappa shape index (κ1) is 26.6. The van der Waals surface area contributed by atoms with Gasteiger partial charge in [-0.05, 0) is 74.5 Å². The number of benzene rings is 1. The summed E-state index contributed by atoms with van der Waals surface area (Å²) in [6, 6.07) is 6.49. The van der Waals surface area contributed by atoms with Crippen molar-refractivity contribution in [1.82, 2.24) is 0 Å². The van der Waals surface area contributed by atoms with Crippen LogP contribution in [0.3, 0.4) is 0 Å². The Morgan fingerprint density at radius 1 is 1.07 bits per heavy atom. The summed E-state index contributed by atoms with van der Waals surface area (Å²) in [5, 5.41) is 10.6. The lowest BCUT2D eigenvalue weighted by molar-refractivity contribution is -0.123. The molecule has 1 N–H and O–H groups in total. The molecule has 1 rings (SSSR count). The number of Topliss-reactive ketones (excluding diaryl/α,β-unsaturated/α-hetero) is 1. The van der Waals surface area contributed by atoms with Crippen molar-refractivity contribution >= 4 is 5.78 Å². The minimum atomic E-state index is -0.416. The Balaban J connectivity index is 2.68. The van der Waals surface area contributed by atoms with Crippen molar-refractivity contribution < 1.29 is 19.4 Å². The zero-order chi connectivity index (χ0) is 22.7. The van der Waals surface area contributed by atoms with Crippen LogP contribution in [0.4, 0.5) is 0 Å². The minimum Gasteiger partial charge on any atom is -0.493 e. The molecule has 0 aliphatic heterocycles. The number of hydrogen-bond donors (Lipinski definition) is 1. The lowest BCUT2D eigenvalue weighted by Gasteiger charge is -2.25. The van der Waals surface area contributed by atoms with Gasteiger partial charge in [-0.2, -0.15) is 0 Å². The maximum Gasteiger partial charge on any atom is 0.133 e. The van der Waals surface area contributed by atoms with E-state index in [1.54, 1.807) is 14.0 Å². The van der Waals surface area contributed by atoms with Crippen molar-refractivity contribution in [2.75, 3.05) is 20.3 Å². The Morgan fingerprint density at radius 2 is 1.77 bits per heavy atom. The summed E-state index contributed by atoms with van der Waals surface area (Å²) < 4.78 is 11.0. The number of carbonyl (C=O) groups is 1. The summed E-state index contributed by atoms with van der Waals surface area (Å²) in [5.41, 5.74) is 2.43. The molecule has 0 aliphatic rings. The molecular formula is C26H44O4. The molecule has 0 aliphatic carbocycles. The molecule has 0 amide bonds. The number of aliphatic hydroxyl groups is 1. The van der Waals surface area contributed by atoms with Crippen LogP contribution in [-0.2, 0) is 16.0 Å². The summed E-state index contributed by atoms with van der Waals surface area (Å²) in [7, 11) is 1.71. The third-order valence-electron chi connectivity index (χ3n) is 6.17. The first-order chi connectivity index (χ1) is 14.1. The Hall–Kier alpha value is -1.39. The fourth-order valence-electron chi connectivity index (χ4n) is 4.01. The second-order valence-electron chi connectivity index (χ2n) is 9.43. The molecule has 172 valence electrons. The summed E-state index contributed by atoms with van der Waals surface area (Å²) in [6.45, 7) is 13.7. The van der Waals surface area contributed by atoms with E-state index in [9.17, 15) is 9.90 Å². The smallest absolute Gasteiger partial charge is 0.133 e. The van der Waals surface area contributed by atoms with Gasteiger partial charge < -0.3 is 14.6 Å². The Morgan fingerprint density at radius 3 is 2.33 bits per heavy atom. The largest absolute Gasteiger partial charge is 0.493 e. The van der Waals surface area contributed by atoms with Gasteiger partial charge in [0.05, 0.1) is 12.7 Å². The quantitative estimate of drug-likeness (QED) is 0.374. The number of methoxy groups -OCH3 is 1. The van der Waals surface area contributed by atoms with Gasteiger partial charge in [0, 0.05) is 26.1 Å². The molecule has 0 bridgehead atoms. The SMILES string of the molecule is COCCCOc1cc(CC(CC[C@@H](O)CC(C(C)=O)C(C)C)C(C)C)ccc1C. The minimum absolute atomic E-state index is 0.0487. The van der Waals surface area contributed by atoms with Crippen LogP contribution in [0, 0.1) is 30.6 Å². The normalized spacial score (nSPS) is 14.7. The highest BCUT2D eigenvalue weighted by molar-refractivity contribution is 5.78. The first-order valence-electron chi connectivity index (χ1n) is 11.5. The zero-order valence-corrected chi connectivity index (χ0v) is 20.2. The Labute approximate surface area is 184 Å². The fourth-order valence-corrected chi connectivity index (χ4v) is 4.01. The molecule has 4 nitrogen and oxygen atoms in total. The van der Waals surface area contributed by atoms with Crippen molar-refractivity contribution in [3.8, 4) is 5.75 Å². The Bertz CT molecular complexity index is 623. The molecule has 0 radical (unpaired) electrons. The highest BCUT2D eigenvalue weighted by Gasteiger charge is 2.23. The third-order valence-corrected chi connectivity index (χ3v) is 6.17. The molecule has 0 fully saturated rings. The van der Waals surface area contributed by atoms with Gasteiger partial charge in [-0.25, -0.2) is 0 Å². The van der Waals surface area contributed by atoms with Crippen LogP contribution in [0.15, 0.2) is 18.2 Å². The lowest BCUT2D eigenvalue weighted by Crippen LogP contribution is -2.24. The molecule has 3 atom stereocenters. The molecule has 0 aromatic heterocycles. The first-order valence-corrected chi connectivity index (χ1v) is 11.5. The number of rotatable bonds is 15. The second kappa shape index (κ2) is 13.8. The van der Waals surface area contributed by atoms with Crippen molar-refractivity contribution in [2.24, 2.45) is 23.7 Å². The van der Waals surface area contributed by atoms with Gasteiger partial charge in [-0.3, -0.25) is 4.79 Å². The molecule has 1 aromatic carbocycles. The van der Waals surface area contributed by atoms with Crippen LogP contribution >= 0.6 is 0 Å².